The van der Waals surface area contributed by atoms with Gasteiger partial charge in [-0.15, -0.1) is 0 Å². The minimum absolute atomic E-state index is 0.0177. The van der Waals surface area contributed by atoms with E-state index in [2.05, 4.69) is 9.97 Å². The molecule has 1 aliphatic heterocycles. The third-order valence-corrected chi connectivity index (χ3v) is 3.98. The lowest BCUT2D eigenvalue weighted by Gasteiger charge is -2.18. The Kier molecular flexibility index (Phi) is 3.53. The van der Waals surface area contributed by atoms with Gasteiger partial charge in [0.15, 0.2) is 0 Å². The summed E-state index contributed by atoms with van der Waals surface area (Å²) in [7, 11) is 0. The van der Waals surface area contributed by atoms with E-state index in [-0.39, 0.29) is 6.42 Å². The summed E-state index contributed by atoms with van der Waals surface area (Å²) in [6.07, 6.45) is 2.30. The van der Waals surface area contributed by atoms with E-state index in [9.17, 15) is 4.79 Å². The molecular weight excluding hydrogens is 224 g/mol. The highest BCUT2D eigenvalue weighted by molar-refractivity contribution is 7.99. The van der Waals surface area contributed by atoms with Crippen molar-refractivity contribution in [1.82, 2.24) is 9.97 Å². The van der Waals surface area contributed by atoms with Crippen molar-refractivity contribution in [1.29, 1.82) is 0 Å². The van der Waals surface area contributed by atoms with Gasteiger partial charge in [-0.05, 0) is 31.3 Å². The van der Waals surface area contributed by atoms with Crippen LogP contribution in [0.1, 0.15) is 36.0 Å². The molecule has 16 heavy (non-hydrogen) atoms. The number of carboxylic acids is 1. The van der Waals surface area contributed by atoms with Crippen LogP contribution in [0.4, 0.5) is 0 Å². The first kappa shape index (κ1) is 11.5. The molecule has 2 rings (SSSR count). The van der Waals surface area contributed by atoms with Gasteiger partial charge < -0.3 is 10.1 Å². The van der Waals surface area contributed by atoms with Gasteiger partial charge in [0, 0.05) is 11.6 Å². The van der Waals surface area contributed by atoms with Crippen LogP contribution < -0.4 is 0 Å². The minimum Gasteiger partial charge on any atom is -0.481 e. The van der Waals surface area contributed by atoms with Gasteiger partial charge in [0.05, 0.1) is 12.1 Å². The number of aromatic nitrogens is 2. The second kappa shape index (κ2) is 4.91. The molecule has 0 unspecified atom stereocenters. The highest BCUT2D eigenvalue weighted by Gasteiger charge is 2.20. The summed E-state index contributed by atoms with van der Waals surface area (Å²) in [6.45, 7) is 1.90. The number of hydrogen-bond acceptors (Lipinski definition) is 3. The van der Waals surface area contributed by atoms with Crippen LogP contribution in [0.15, 0.2) is 0 Å². The van der Waals surface area contributed by atoms with E-state index in [0.717, 1.165) is 24.4 Å². The molecule has 4 nitrogen and oxygen atoms in total. The second-order valence-corrected chi connectivity index (χ2v) is 5.38. The van der Waals surface area contributed by atoms with Crippen LogP contribution in [0.5, 0.6) is 0 Å². The van der Waals surface area contributed by atoms with E-state index in [0.29, 0.717) is 11.6 Å². The van der Waals surface area contributed by atoms with Gasteiger partial charge in [0.2, 0.25) is 0 Å². The molecule has 0 aromatic carbocycles. The molecule has 2 N–H and O–H groups in total. The number of imidazole rings is 1. The molecule has 0 atom stereocenters. The Morgan fingerprint density at radius 1 is 1.56 bits per heavy atom. The smallest absolute Gasteiger partial charge is 0.309 e. The molecule has 0 spiro atoms. The maximum absolute atomic E-state index is 10.6. The Balaban J connectivity index is 2.12. The number of carbonyl (C=O) groups is 1. The standard InChI is InChI=1S/C11H16N2O2S/c1-7-9(6-10(14)15)13-11(12-7)8-2-4-16-5-3-8/h8H,2-6H2,1H3,(H,12,13)(H,14,15). The quantitative estimate of drug-likeness (QED) is 0.847. The predicted octanol–water partition coefficient (Wildman–Crippen LogP) is 1.96. The number of hydrogen-bond donors (Lipinski definition) is 2. The molecule has 0 radical (unpaired) electrons. The molecule has 0 aliphatic carbocycles. The van der Waals surface area contributed by atoms with E-state index in [1.807, 2.05) is 18.7 Å². The third kappa shape index (κ3) is 2.58. The molecule has 0 amide bonds. The molecule has 1 fully saturated rings. The van der Waals surface area contributed by atoms with Gasteiger partial charge in [-0.3, -0.25) is 4.79 Å². The zero-order chi connectivity index (χ0) is 11.5. The fourth-order valence-corrected chi connectivity index (χ4v) is 3.11. The van der Waals surface area contributed by atoms with E-state index >= 15 is 0 Å². The van der Waals surface area contributed by atoms with Crippen LogP contribution in [-0.4, -0.2) is 32.5 Å². The summed E-state index contributed by atoms with van der Waals surface area (Å²) in [5.74, 6) is 3.01. The number of carboxylic acid groups (broad SMARTS) is 1. The van der Waals surface area contributed by atoms with Crippen molar-refractivity contribution in [2.75, 3.05) is 11.5 Å². The van der Waals surface area contributed by atoms with Crippen molar-refractivity contribution in [2.45, 2.75) is 32.1 Å². The zero-order valence-corrected chi connectivity index (χ0v) is 10.1. The van der Waals surface area contributed by atoms with Crippen molar-refractivity contribution < 1.29 is 9.90 Å². The fourth-order valence-electron chi connectivity index (χ4n) is 2.00. The molecule has 2 heterocycles. The Morgan fingerprint density at radius 2 is 2.25 bits per heavy atom. The lowest BCUT2D eigenvalue weighted by atomic mass is 10.0. The van der Waals surface area contributed by atoms with Crippen LogP contribution in [-0.2, 0) is 11.2 Å². The molecule has 1 aromatic heterocycles. The van der Waals surface area contributed by atoms with Crippen molar-refractivity contribution >= 4 is 17.7 Å². The first-order valence-corrected chi connectivity index (χ1v) is 6.67. The van der Waals surface area contributed by atoms with Crippen LogP contribution >= 0.6 is 11.8 Å². The number of thioether (sulfide) groups is 1. The van der Waals surface area contributed by atoms with E-state index in [1.165, 1.54) is 11.5 Å². The normalized spacial score (nSPS) is 17.6. The van der Waals surface area contributed by atoms with Crippen LogP contribution in [0.3, 0.4) is 0 Å². The zero-order valence-electron chi connectivity index (χ0n) is 9.32. The molecule has 1 saturated heterocycles. The van der Waals surface area contributed by atoms with Gasteiger partial charge in [0.1, 0.15) is 5.82 Å². The average Bonchev–Trinajstić information content (AvgIpc) is 2.61. The van der Waals surface area contributed by atoms with Crippen LogP contribution in [0, 0.1) is 6.92 Å². The summed E-state index contributed by atoms with van der Waals surface area (Å²) in [6, 6.07) is 0. The minimum atomic E-state index is -0.819. The van der Waals surface area contributed by atoms with E-state index in [1.54, 1.807) is 0 Å². The predicted molar refractivity (Wildman–Crippen MR) is 64.0 cm³/mol. The van der Waals surface area contributed by atoms with Crippen LogP contribution in [0.2, 0.25) is 0 Å². The maximum Gasteiger partial charge on any atom is 0.309 e. The molecule has 0 saturated carbocycles. The molecule has 1 aromatic rings. The number of aliphatic carboxylic acids is 1. The van der Waals surface area contributed by atoms with Gasteiger partial charge in [-0.1, -0.05) is 0 Å². The number of nitrogens with zero attached hydrogens (tertiary/aromatic N) is 1. The largest absolute Gasteiger partial charge is 0.481 e. The first-order chi connectivity index (χ1) is 7.66. The third-order valence-electron chi connectivity index (χ3n) is 2.93. The van der Waals surface area contributed by atoms with Gasteiger partial charge >= 0.3 is 5.97 Å². The van der Waals surface area contributed by atoms with Gasteiger partial charge in [0.25, 0.3) is 0 Å². The van der Waals surface area contributed by atoms with Gasteiger partial charge in [-0.2, -0.15) is 11.8 Å². The Labute approximate surface area is 98.9 Å². The highest BCUT2D eigenvalue weighted by Crippen LogP contribution is 2.30. The lowest BCUT2D eigenvalue weighted by Crippen LogP contribution is -2.09. The summed E-state index contributed by atoms with van der Waals surface area (Å²) in [5.41, 5.74) is 1.58. The summed E-state index contributed by atoms with van der Waals surface area (Å²) < 4.78 is 0. The topological polar surface area (TPSA) is 66.0 Å². The van der Waals surface area contributed by atoms with Crippen molar-refractivity contribution in [2.24, 2.45) is 0 Å². The number of H-pyrrole nitrogens is 1. The van der Waals surface area contributed by atoms with Gasteiger partial charge in [-0.25, -0.2) is 4.98 Å². The van der Waals surface area contributed by atoms with Crippen LogP contribution in [0.25, 0.3) is 0 Å². The SMILES string of the molecule is Cc1[nH]c(C2CCSCC2)nc1CC(=O)O. The molecular formula is C11H16N2O2S. The van der Waals surface area contributed by atoms with E-state index < -0.39 is 5.97 Å². The number of nitrogens with one attached hydrogen (secondary N) is 1. The first-order valence-electron chi connectivity index (χ1n) is 5.51. The highest BCUT2D eigenvalue weighted by atomic mass is 32.2. The summed E-state index contributed by atoms with van der Waals surface area (Å²) in [5, 5.41) is 8.75. The molecule has 0 bridgehead atoms. The van der Waals surface area contributed by atoms with Crippen molar-refractivity contribution in [3.63, 3.8) is 0 Å². The Hall–Kier alpha value is -0.970. The summed E-state index contributed by atoms with van der Waals surface area (Å²) in [4.78, 5) is 18.3. The monoisotopic (exact) mass is 240 g/mol. The fraction of sp³-hybridized carbons (Fsp3) is 0.636. The second-order valence-electron chi connectivity index (χ2n) is 4.15. The number of aromatic amines is 1. The van der Waals surface area contributed by atoms with E-state index in [4.69, 9.17) is 5.11 Å². The number of rotatable bonds is 3. The molecule has 88 valence electrons. The Bertz CT molecular complexity index is 383. The Morgan fingerprint density at radius 3 is 2.88 bits per heavy atom. The molecule has 5 heteroatoms. The summed E-state index contributed by atoms with van der Waals surface area (Å²) >= 11 is 1.98. The number of aryl methyl sites for hydroxylation is 1. The maximum atomic E-state index is 10.6. The van der Waals surface area contributed by atoms with Crippen molar-refractivity contribution in [3.8, 4) is 0 Å². The molecule has 1 aliphatic rings. The lowest BCUT2D eigenvalue weighted by molar-refractivity contribution is -0.136. The average molecular weight is 240 g/mol. The van der Waals surface area contributed by atoms with Crippen molar-refractivity contribution in [3.05, 3.63) is 17.2 Å².